The molecule has 1 saturated heterocycles. The summed E-state index contributed by atoms with van der Waals surface area (Å²) in [6, 6.07) is 11.2. The third kappa shape index (κ3) is 4.78. The molecule has 3 amide bonds. The van der Waals surface area contributed by atoms with E-state index in [1.54, 1.807) is 11.9 Å². The number of piperidine rings is 1. The summed E-state index contributed by atoms with van der Waals surface area (Å²) in [5, 5.41) is 4.92. The maximum atomic E-state index is 12.8. The van der Waals surface area contributed by atoms with Gasteiger partial charge in [-0.1, -0.05) is 24.3 Å². The number of nitrogens with zero attached hydrogens (tertiary/aromatic N) is 2. The Balaban J connectivity index is 1.58. The molecule has 2 heterocycles. The lowest BCUT2D eigenvalue weighted by Crippen LogP contribution is -2.41. The summed E-state index contributed by atoms with van der Waals surface area (Å²) in [7, 11) is 1.74. The Labute approximate surface area is 169 Å². The van der Waals surface area contributed by atoms with Crippen molar-refractivity contribution in [3.8, 4) is 0 Å². The Morgan fingerprint density at radius 2 is 1.86 bits per heavy atom. The van der Waals surface area contributed by atoms with Gasteiger partial charge in [-0.25, -0.2) is 0 Å². The van der Waals surface area contributed by atoms with Crippen LogP contribution in [0.5, 0.6) is 0 Å². The number of rotatable bonds is 5. The molecule has 2 aromatic rings. The monoisotopic (exact) mass is 399 g/mol. The molecular formula is C21H25N3O3S. The third-order valence-electron chi connectivity index (χ3n) is 5.11. The molecule has 148 valence electrons. The number of para-hydroxylation sites is 1. The van der Waals surface area contributed by atoms with E-state index in [0.29, 0.717) is 32.5 Å². The van der Waals surface area contributed by atoms with Crippen LogP contribution in [-0.2, 0) is 16.1 Å². The van der Waals surface area contributed by atoms with Crippen molar-refractivity contribution in [1.29, 1.82) is 0 Å². The largest absolute Gasteiger partial charge is 0.342 e. The van der Waals surface area contributed by atoms with Crippen LogP contribution in [0.2, 0.25) is 0 Å². The summed E-state index contributed by atoms with van der Waals surface area (Å²) in [5.74, 6) is -0.123. The van der Waals surface area contributed by atoms with Gasteiger partial charge in [0.1, 0.15) is 0 Å². The van der Waals surface area contributed by atoms with Crippen molar-refractivity contribution in [3.63, 3.8) is 0 Å². The number of benzene rings is 1. The van der Waals surface area contributed by atoms with Crippen LogP contribution in [0.3, 0.4) is 0 Å². The van der Waals surface area contributed by atoms with Gasteiger partial charge in [-0.15, -0.1) is 11.3 Å². The lowest BCUT2D eigenvalue weighted by Gasteiger charge is -2.31. The second kappa shape index (κ2) is 9.01. The fraction of sp³-hybridized carbons (Fsp3) is 0.381. The molecule has 0 saturated carbocycles. The number of thiophene rings is 1. The fourth-order valence-electron chi connectivity index (χ4n) is 3.28. The van der Waals surface area contributed by atoms with E-state index in [-0.39, 0.29) is 23.6 Å². The molecule has 28 heavy (non-hydrogen) atoms. The lowest BCUT2D eigenvalue weighted by atomic mass is 9.95. The van der Waals surface area contributed by atoms with E-state index >= 15 is 0 Å². The first-order valence-corrected chi connectivity index (χ1v) is 10.3. The lowest BCUT2D eigenvalue weighted by molar-refractivity contribution is -0.128. The zero-order valence-electron chi connectivity index (χ0n) is 16.2. The normalized spacial score (nSPS) is 14.6. The van der Waals surface area contributed by atoms with Crippen molar-refractivity contribution < 1.29 is 14.4 Å². The summed E-state index contributed by atoms with van der Waals surface area (Å²) < 4.78 is 0. The van der Waals surface area contributed by atoms with Crippen LogP contribution in [0.4, 0.5) is 5.69 Å². The molecule has 6 nitrogen and oxygen atoms in total. The number of likely N-dealkylation sites (tertiary alicyclic amines) is 1. The Morgan fingerprint density at radius 3 is 2.50 bits per heavy atom. The van der Waals surface area contributed by atoms with Crippen LogP contribution in [0.15, 0.2) is 41.8 Å². The number of amides is 3. The number of hydrogen-bond donors (Lipinski definition) is 1. The molecule has 1 fully saturated rings. The molecule has 7 heteroatoms. The summed E-state index contributed by atoms with van der Waals surface area (Å²) in [5.41, 5.74) is 1.64. The number of carbonyl (C=O) groups excluding carboxylic acids is 3. The topological polar surface area (TPSA) is 69.7 Å². The number of carbonyl (C=O) groups is 3. The average Bonchev–Trinajstić information content (AvgIpc) is 3.23. The van der Waals surface area contributed by atoms with Gasteiger partial charge in [0.25, 0.3) is 5.91 Å². The van der Waals surface area contributed by atoms with Gasteiger partial charge in [0, 0.05) is 45.2 Å². The van der Waals surface area contributed by atoms with Gasteiger partial charge in [-0.3, -0.25) is 14.4 Å². The predicted molar refractivity (Wildman–Crippen MR) is 110 cm³/mol. The molecule has 1 N–H and O–H groups in total. The van der Waals surface area contributed by atoms with E-state index in [4.69, 9.17) is 0 Å². The maximum absolute atomic E-state index is 12.8. The summed E-state index contributed by atoms with van der Waals surface area (Å²) >= 11 is 1.44. The van der Waals surface area contributed by atoms with Gasteiger partial charge in [0.2, 0.25) is 11.8 Å². The molecule has 0 spiro atoms. The van der Waals surface area contributed by atoms with Gasteiger partial charge < -0.3 is 15.1 Å². The van der Waals surface area contributed by atoms with Crippen LogP contribution in [0.25, 0.3) is 0 Å². The van der Waals surface area contributed by atoms with Crippen molar-refractivity contribution in [1.82, 2.24) is 9.80 Å². The minimum absolute atomic E-state index is 0.0242. The van der Waals surface area contributed by atoms with Gasteiger partial charge in [-0.2, -0.15) is 0 Å². The zero-order valence-corrected chi connectivity index (χ0v) is 17.0. The van der Waals surface area contributed by atoms with Gasteiger partial charge in [0.05, 0.1) is 4.88 Å². The molecule has 3 rings (SSSR count). The van der Waals surface area contributed by atoms with E-state index in [1.165, 1.54) is 18.3 Å². The standard InChI is InChI=1S/C21H25N3O3S/c1-15(25)23(2)14-17-6-3-4-7-18(17)22-20(26)16-9-11-24(12-10-16)21(27)19-8-5-13-28-19/h3-8,13,16H,9-12,14H2,1-2H3,(H,22,26). The van der Waals surface area contributed by atoms with E-state index in [1.807, 2.05) is 46.7 Å². The Kier molecular flexibility index (Phi) is 6.46. The van der Waals surface area contributed by atoms with E-state index in [2.05, 4.69) is 5.32 Å². The minimum atomic E-state index is -0.119. The van der Waals surface area contributed by atoms with Crippen LogP contribution in [-0.4, -0.2) is 47.7 Å². The van der Waals surface area contributed by atoms with Gasteiger partial charge in [0.15, 0.2) is 0 Å². The minimum Gasteiger partial charge on any atom is -0.342 e. The summed E-state index contributed by atoms with van der Waals surface area (Å²) in [6.07, 6.45) is 1.30. The Morgan fingerprint density at radius 1 is 1.14 bits per heavy atom. The van der Waals surface area contributed by atoms with E-state index in [0.717, 1.165) is 16.1 Å². The second-order valence-corrected chi connectivity index (χ2v) is 8.01. The highest BCUT2D eigenvalue weighted by molar-refractivity contribution is 7.12. The van der Waals surface area contributed by atoms with Gasteiger partial charge >= 0.3 is 0 Å². The van der Waals surface area contributed by atoms with Crippen molar-refractivity contribution in [2.75, 3.05) is 25.5 Å². The van der Waals surface area contributed by atoms with Crippen LogP contribution < -0.4 is 5.32 Å². The first-order valence-electron chi connectivity index (χ1n) is 9.39. The van der Waals surface area contributed by atoms with Crippen molar-refractivity contribution in [2.45, 2.75) is 26.3 Å². The Bertz CT molecular complexity index is 842. The first kappa shape index (κ1) is 20.1. The highest BCUT2D eigenvalue weighted by Crippen LogP contribution is 2.24. The van der Waals surface area contributed by atoms with Crippen LogP contribution in [0.1, 0.15) is 35.0 Å². The number of anilines is 1. The fourth-order valence-corrected chi connectivity index (χ4v) is 3.97. The summed E-state index contributed by atoms with van der Waals surface area (Å²) in [6.45, 7) is 3.14. The van der Waals surface area contributed by atoms with E-state index in [9.17, 15) is 14.4 Å². The Hall–Kier alpha value is -2.67. The molecule has 1 aliphatic rings. The van der Waals surface area contributed by atoms with Crippen molar-refractivity contribution in [2.24, 2.45) is 5.92 Å². The number of nitrogens with one attached hydrogen (secondary N) is 1. The molecule has 0 atom stereocenters. The van der Waals surface area contributed by atoms with Crippen LogP contribution >= 0.6 is 11.3 Å². The molecule has 0 aliphatic carbocycles. The average molecular weight is 400 g/mol. The third-order valence-corrected chi connectivity index (χ3v) is 5.96. The molecular weight excluding hydrogens is 374 g/mol. The molecule has 0 unspecified atom stereocenters. The predicted octanol–water partition coefficient (Wildman–Crippen LogP) is 3.22. The quantitative estimate of drug-likeness (QED) is 0.839. The van der Waals surface area contributed by atoms with Crippen molar-refractivity contribution in [3.05, 3.63) is 52.2 Å². The highest BCUT2D eigenvalue weighted by Gasteiger charge is 2.28. The molecule has 1 aromatic carbocycles. The zero-order chi connectivity index (χ0) is 20.1. The smallest absolute Gasteiger partial charge is 0.263 e. The number of hydrogen-bond acceptors (Lipinski definition) is 4. The first-order chi connectivity index (χ1) is 13.5. The van der Waals surface area contributed by atoms with Crippen molar-refractivity contribution >= 4 is 34.7 Å². The summed E-state index contributed by atoms with van der Waals surface area (Å²) in [4.78, 5) is 40.9. The molecule has 1 aliphatic heterocycles. The maximum Gasteiger partial charge on any atom is 0.263 e. The molecule has 1 aromatic heterocycles. The SMILES string of the molecule is CC(=O)N(C)Cc1ccccc1NC(=O)C1CCN(C(=O)c2cccs2)CC1. The van der Waals surface area contributed by atoms with Crippen LogP contribution in [0, 0.1) is 5.92 Å². The highest BCUT2D eigenvalue weighted by atomic mass is 32.1. The van der Waals surface area contributed by atoms with Gasteiger partial charge in [-0.05, 0) is 35.9 Å². The second-order valence-electron chi connectivity index (χ2n) is 7.07. The molecule has 0 radical (unpaired) electrons. The molecule has 0 bridgehead atoms. The van der Waals surface area contributed by atoms with E-state index < -0.39 is 0 Å².